The largest absolute Gasteiger partial charge is 0.399 e. The van der Waals surface area contributed by atoms with Crippen molar-refractivity contribution in [3.05, 3.63) is 42.2 Å². The van der Waals surface area contributed by atoms with Gasteiger partial charge in [-0.25, -0.2) is 0 Å². The first-order chi connectivity index (χ1) is 9.13. The lowest BCUT2D eigenvalue weighted by Gasteiger charge is -2.06. The number of hydrogen-bond acceptors (Lipinski definition) is 3. The Balaban J connectivity index is 1.76. The Hall–Kier alpha value is -2.30. The molecule has 0 aliphatic rings. The van der Waals surface area contributed by atoms with E-state index in [0.717, 1.165) is 24.2 Å². The molecular formula is C14H18N4O. The molecule has 0 aliphatic carbocycles. The highest BCUT2D eigenvalue weighted by molar-refractivity contribution is 5.91. The van der Waals surface area contributed by atoms with Crippen molar-refractivity contribution in [1.29, 1.82) is 0 Å². The lowest BCUT2D eigenvalue weighted by Crippen LogP contribution is -2.12. The van der Waals surface area contributed by atoms with E-state index in [4.69, 9.17) is 5.73 Å². The van der Waals surface area contributed by atoms with Gasteiger partial charge >= 0.3 is 0 Å². The Morgan fingerprint density at radius 2 is 2.32 bits per heavy atom. The van der Waals surface area contributed by atoms with Crippen LogP contribution in [0.4, 0.5) is 11.4 Å². The molecular weight excluding hydrogens is 240 g/mol. The Morgan fingerprint density at radius 1 is 1.47 bits per heavy atom. The predicted molar refractivity (Wildman–Crippen MR) is 75.7 cm³/mol. The summed E-state index contributed by atoms with van der Waals surface area (Å²) >= 11 is 0. The first-order valence-electron chi connectivity index (χ1n) is 6.28. The van der Waals surface area contributed by atoms with E-state index in [1.807, 2.05) is 36.1 Å². The number of nitrogens with two attached hydrogens (primary N) is 1. The summed E-state index contributed by atoms with van der Waals surface area (Å²) in [7, 11) is 0. The average Bonchev–Trinajstić information content (AvgIpc) is 2.75. The third-order valence-corrected chi connectivity index (χ3v) is 2.72. The normalized spacial score (nSPS) is 10.4. The standard InChI is InChI=1S/C14H18N4O/c1-11-9-16-18(10-11)7-3-6-14(19)17-13-5-2-4-12(15)8-13/h2,4-5,8-10H,3,6-7,15H2,1H3,(H,17,19). The Kier molecular flexibility index (Phi) is 4.18. The van der Waals surface area contributed by atoms with Crippen LogP contribution in [0, 0.1) is 6.92 Å². The van der Waals surface area contributed by atoms with Gasteiger partial charge in [0.15, 0.2) is 0 Å². The maximum Gasteiger partial charge on any atom is 0.224 e. The molecule has 2 aromatic rings. The number of nitrogen functional groups attached to an aromatic ring is 1. The molecule has 1 heterocycles. The first-order valence-corrected chi connectivity index (χ1v) is 6.28. The van der Waals surface area contributed by atoms with Gasteiger partial charge in [0.1, 0.15) is 0 Å². The summed E-state index contributed by atoms with van der Waals surface area (Å²) in [6, 6.07) is 7.17. The fourth-order valence-corrected chi connectivity index (χ4v) is 1.83. The second kappa shape index (κ2) is 6.04. The zero-order chi connectivity index (χ0) is 13.7. The molecule has 0 spiro atoms. The molecule has 100 valence electrons. The van der Waals surface area contributed by atoms with Gasteiger partial charge in [0.2, 0.25) is 5.91 Å². The molecule has 5 nitrogen and oxygen atoms in total. The van der Waals surface area contributed by atoms with E-state index in [-0.39, 0.29) is 5.91 Å². The van der Waals surface area contributed by atoms with Crippen molar-refractivity contribution in [2.75, 3.05) is 11.1 Å². The fourth-order valence-electron chi connectivity index (χ4n) is 1.83. The van der Waals surface area contributed by atoms with Crippen LogP contribution in [-0.4, -0.2) is 15.7 Å². The SMILES string of the molecule is Cc1cnn(CCCC(=O)Nc2cccc(N)c2)c1. The van der Waals surface area contributed by atoms with Crippen LogP contribution in [0.15, 0.2) is 36.7 Å². The highest BCUT2D eigenvalue weighted by Crippen LogP contribution is 2.12. The van der Waals surface area contributed by atoms with Crippen molar-refractivity contribution in [1.82, 2.24) is 9.78 Å². The molecule has 0 bridgehead atoms. The van der Waals surface area contributed by atoms with Gasteiger partial charge in [-0.1, -0.05) is 6.07 Å². The molecule has 0 saturated carbocycles. The van der Waals surface area contributed by atoms with Gasteiger partial charge in [-0.2, -0.15) is 5.10 Å². The van der Waals surface area contributed by atoms with Crippen LogP contribution < -0.4 is 11.1 Å². The minimum Gasteiger partial charge on any atom is -0.399 e. The van der Waals surface area contributed by atoms with Crippen LogP contribution in [0.5, 0.6) is 0 Å². The van der Waals surface area contributed by atoms with Crippen molar-refractivity contribution < 1.29 is 4.79 Å². The molecule has 0 fully saturated rings. The van der Waals surface area contributed by atoms with Crippen molar-refractivity contribution >= 4 is 17.3 Å². The van der Waals surface area contributed by atoms with Crippen LogP contribution in [-0.2, 0) is 11.3 Å². The molecule has 2 rings (SSSR count). The molecule has 1 amide bonds. The van der Waals surface area contributed by atoms with E-state index in [0.29, 0.717) is 12.1 Å². The molecule has 0 radical (unpaired) electrons. The van der Waals surface area contributed by atoms with Crippen molar-refractivity contribution in [3.63, 3.8) is 0 Å². The topological polar surface area (TPSA) is 72.9 Å². The number of anilines is 2. The van der Waals surface area contributed by atoms with Crippen LogP contribution >= 0.6 is 0 Å². The zero-order valence-electron chi connectivity index (χ0n) is 11.0. The lowest BCUT2D eigenvalue weighted by molar-refractivity contribution is -0.116. The second-order valence-electron chi connectivity index (χ2n) is 4.56. The summed E-state index contributed by atoms with van der Waals surface area (Å²) in [5.41, 5.74) is 8.16. The number of hydrogen-bond donors (Lipinski definition) is 2. The van der Waals surface area contributed by atoms with Crippen LogP contribution in [0.25, 0.3) is 0 Å². The number of nitrogens with zero attached hydrogens (tertiary/aromatic N) is 2. The lowest BCUT2D eigenvalue weighted by atomic mass is 10.2. The van der Waals surface area contributed by atoms with Gasteiger partial charge in [0, 0.05) is 30.5 Å². The van der Waals surface area contributed by atoms with Gasteiger partial charge in [-0.15, -0.1) is 0 Å². The fraction of sp³-hybridized carbons (Fsp3) is 0.286. The minimum absolute atomic E-state index is 0.00511. The highest BCUT2D eigenvalue weighted by atomic mass is 16.1. The quantitative estimate of drug-likeness (QED) is 0.807. The summed E-state index contributed by atoms with van der Waals surface area (Å²) in [5.74, 6) is -0.00511. The van der Waals surface area contributed by atoms with E-state index in [2.05, 4.69) is 10.4 Å². The number of benzene rings is 1. The molecule has 3 N–H and O–H groups in total. The van der Waals surface area contributed by atoms with Crippen molar-refractivity contribution in [2.45, 2.75) is 26.3 Å². The van der Waals surface area contributed by atoms with E-state index in [1.54, 1.807) is 12.1 Å². The molecule has 0 aliphatic heterocycles. The Bertz CT molecular complexity index is 562. The van der Waals surface area contributed by atoms with E-state index >= 15 is 0 Å². The number of aromatic nitrogens is 2. The Morgan fingerprint density at radius 3 is 3.00 bits per heavy atom. The number of carbonyl (C=O) groups is 1. The van der Waals surface area contributed by atoms with Crippen LogP contribution in [0.2, 0.25) is 0 Å². The molecule has 1 aromatic heterocycles. The number of carbonyl (C=O) groups excluding carboxylic acids is 1. The Labute approximate surface area is 112 Å². The number of aryl methyl sites for hydroxylation is 2. The molecule has 0 unspecified atom stereocenters. The van der Waals surface area contributed by atoms with E-state index in [9.17, 15) is 4.79 Å². The number of nitrogens with one attached hydrogen (secondary N) is 1. The summed E-state index contributed by atoms with van der Waals surface area (Å²) in [5, 5.41) is 7.00. The first kappa shape index (κ1) is 13.1. The molecule has 0 atom stereocenters. The third-order valence-electron chi connectivity index (χ3n) is 2.72. The molecule has 0 saturated heterocycles. The summed E-state index contributed by atoms with van der Waals surface area (Å²) < 4.78 is 1.85. The average molecular weight is 258 g/mol. The smallest absolute Gasteiger partial charge is 0.224 e. The molecule has 19 heavy (non-hydrogen) atoms. The summed E-state index contributed by atoms with van der Waals surface area (Å²) in [6.07, 6.45) is 5.01. The highest BCUT2D eigenvalue weighted by Gasteiger charge is 2.03. The van der Waals surface area contributed by atoms with Crippen molar-refractivity contribution in [3.8, 4) is 0 Å². The van der Waals surface area contributed by atoms with Crippen LogP contribution in [0.1, 0.15) is 18.4 Å². The summed E-state index contributed by atoms with van der Waals surface area (Å²) in [4.78, 5) is 11.7. The number of amides is 1. The van der Waals surface area contributed by atoms with Gasteiger partial charge in [0.25, 0.3) is 0 Å². The predicted octanol–water partition coefficient (Wildman–Crippen LogP) is 2.19. The second-order valence-corrected chi connectivity index (χ2v) is 4.56. The van der Waals surface area contributed by atoms with Crippen molar-refractivity contribution in [2.24, 2.45) is 0 Å². The van der Waals surface area contributed by atoms with Gasteiger partial charge in [-0.05, 0) is 37.1 Å². The maximum absolute atomic E-state index is 11.7. The van der Waals surface area contributed by atoms with E-state index < -0.39 is 0 Å². The zero-order valence-corrected chi connectivity index (χ0v) is 11.0. The van der Waals surface area contributed by atoms with Gasteiger partial charge in [-0.3, -0.25) is 9.48 Å². The van der Waals surface area contributed by atoms with Crippen LogP contribution in [0.3, 0.4) is 0 Å². The van der Waals surface area contributed by atoms with Gasteiger partial charge < -0.3 is 11.1 Å². The third kappa shape index (κ3) is 4.13. The van der Waals surface area contributed by atoms with Gasteiger partial charge in [0.05, 0.1) is 6.20 Å². The number of rotatable bonds is 5. The molecule has 1 aromatic carbocycles. The minimum atomic E-state index is -0.00511. The monoisotopic (exact) mass is 258 g/mol. The van der Waals surface area contributed by atoms with E-state index in [1.165, 1.54) is 0 Å². The molecule has 5 heteroatoms. The summed E-state index contributed by atoms with van der Waals surface area (Å²) in [6.45, 7) is 2.74. The maximum atomic E-state index is 11.7.